The van der Waals surface area contributed by atoms with Gasteiger partial charge in [-0.1, -0.05) is 12.1 Å². The third-order valence-corrected chi connectivity index (χ3v) is 3.57. The molecule has 1 heterocycles. The summed E-state index contributed by atoms with van der Waals surface area (Å²) in [4.78, 5) is 0. The summed E-state index contributed by atoms with van der Waals surface area (Å²) in [6.45, 7) is -0.880. The number of nitrogens with two attached hydrogens (primary N) is 1. The molecule has 0 spiro atoms. The molecule has 0 bridgehead atoms. The summed E-state index contributed by atoms with van der Waals surface area (Å²) in [5, 5.41) is 4.20. The number of nitrogen functional groups attached to an aromatic ring is 1. The summed E-state index contributed by atoms with van der Waals surface area (Å²) in [6, 6.07) is 6.36. The lowest BCUT2D eigenvalue weighted by Crippen LogP contribution is -2.11. The first-order chi connectivity index (χ1) is 8.99. The lowest BCUT2D eigenvalue weighted by Gasteiger charge is -2.15. The fourth-order valence-electron chi connectivity index (χ4n) is 1.73. The first-order valence-electron chi connectivity index (χ1n) is 5.52. The van der Waals surface area contributed by atoms with E-state index in [4.69, 9.17) is 5.73 Å². The molecule has 0 amide bonds. The van der Waals surface area contributed by atoms with Crippen molar-refractivity contribution in [3.8, 4) is 5.75 Å². The lowest BCUT2D eigenvalue weighted by molar-refractivity contribution is -0.0498. The van der Waals surface area contributed by atoms with E-state index in [-0.39, 0.29) is 11.8 Å². The van der Waals surface area contributed by atoms with Crippen molar-refractivity contribution < 1.29 is 13.5 Å². The van der Waals surface area contributed by atoms with Crippen LogP contribution in [-0.2, 0) is 0 Å². The molecule has 0 saturated heterocycles. The number of halogens is 3. The molecule has 102 valence electrons. The Bertz CT molecular complexity index is 557. The molecule has 1 aromatic heterocycles. The Labute approximate surface area is 122 Å². The van der Waals surface area contributed by atoms with Gasteiger partial charge in [0.1, 0.15) is 11.6 Å². The topological polar surface area (TPSA) is 53.1 Å². The highest BCUT2D eigenvalue weighted by molar-refractivity contribution is 14.1. The second-order valence-electron chi connectivity index (χ2n) is 3.95. The molecule has 0 aliphatic rings. The third kappa shape index (κ3) is 3.14. The van der Waals surface area contributed by atoms with Crippen LogP contribution in [0.25, 0.3) is 0 Å². The summed E-state index contributed by atoms with van der Waals surface area (Å²) in [6.07, 6.45) is 1.68. The smallest absolute Gasteiger partial charge is 0.387 e. The van der Waals surface area contributed by atoms with Gasteiger partial charge < -0.3 is 10.5 Å². The van der Waals surface area contributed by atoms with Crippen molar-refractivity contribution in [3.63, 3.8) is 0 Å². The first-order valence-corrected chi connectivity index (χ1v) is 6.60. The van der Waals surface area contributed by atoms with Crippen molar-refractivity contribution in [2.45, 2.75) is 19.6 Å². The highest BCUT2D eigenvalue weighted by Crippen LogP contribution is 2.25. The van der Waals surface area contributed by atoms with E-state index in [0.717, 1.165) is 9.13 Å². The van der Waals surface area contributed by atoms with Crippen LogP contribution in [0.1, 0.15) is 18.5 Å². The number of alkyl halides is 2. The second-order valence-corrected chi connectivity index (χ2v) is 5.11. The van der Waals surface area contributed by atoms with Gasteiger partial charge in [-0.05, 0) is 47.2 Å². The van der Waals surface area contributed by atoms with Crippen molar-refractivity contribution in [1.82, 2.24) is 9.78 Å². The van der Waals surface area contributed by atoms with Crippen LogP contribution in [-0.4, -0.2) is 16.4 Å². The lowest BCUT2D eigenvalue weighted by atomic mass is 10.1. The fourth-order valence-corrected chi connectivity index (χ4v) is 2.10. The Kier molecular flexibility index (Phi) is 4.23. The van der Waals surface area contributed by atoms with Gasteiger partial charge in [0.05, 0.1) is 15.8 Å². The SMILES string of the molecule is CC(c1ccc(OC(F)F)cc1)n1ncc(I)c1N. The Hall–Kier alpha value is -1.38. The number of benzene rings is 1. The molecule has 1 aromatic carbocycles. The van der Waals surface area contributed by atoms with Gasteiger partial charge in [0.2, 0.25) is 0 Å². The summed E-state index contributed by atoms with van der Waals surface area (Å²) in [5.41, 5.74) is 6.82. The fraction of sp³-hybridized carbons (Fsp3) is 0.250. The maximum atomic E-state index is 12.0. The van der Waals surface area contributed by atoms with E-state index < -0.39 is 6.61 Å². The van der Waals surface area contributed by atoms with Gasteiger partial charge in [-0.2, -0.15) is 13.9 Å². The summed E-state index contributed by atoms with van der Waals surface area (Å²) in [7, 11) is 0. The van der Waals surface area contributed by atoms with E-state index in [0.29, 0.717) is 5.82 Å². The summed E-state index contributed by atoms with van der Waals surface area (Å²) >= 11 is 2.10. The molecular formula is C12H12F2IN3O. The molecule has 0 aliphatic heterocycles. The Morgan fingerprint density at radius 3 is 2.42 bits per heavy atom. The molecule has 0 fully saturated rings. The van der Waals surface area contributed by atoms with E-state index in [1.165, 1.54) is 12.1 Å². The van der Waals surface area contributed by atoms with Gasteiger partial charge in [0.25, 0.3) is 0 Å². The molecule has 0 aliphatic carbocycles. The number of hydrogen-bond acceptors (Lipinski definition) is 3. The van der Waals surface area contributed by atoms with E-state index in [1.807, 2.05) is 6.92 Å². The zero-order valence-electron chi connectivity index (χ0n) is 10.1. The molecule has 19 heavy (non-hydrogen) atoms. The van der Waals surface area contributed by atoms with Crippen LogP contribution in [0.4, 0.5) is 14.6 Å². The third-order valence-electron chi connectivity index (χ3n) is 2.74. The predicted octanol–water partition coefficient (Wildman–Crippen LogP) is 3.28. The van der Waals surface area contributed by atoms with Gasteiger partial charge >= 0.3 is 6.61 Å². The Morgan fingerprint density at radius 1 is 1.32 bits per heavy atom. The van der Waals surface area contributed by atoms with Gasteiger partial charge in [0.15, 0.2) is 0 Å². The highest BCUT2D eigenvalue weighted by Gasteiger charge is 2.14. The standard InChI is InChI=1S/C12H12F2IN3O/c1-7(18-11(16)10(15)6-17-18)8-2-4-9(5-3-8)19-12(13)14/h2-7,12H,16H2,1H3. The van der Waals surface area contributed by atoms with E-state index in [2.05, 4.69) is 32.4 Å². The van der Waals surface area contributed by atoms with Crippen LogP contribution in [0.2, 0.25) is 0 Å². The Morgan fingerprint density at radius 2 is 1.95 bits per heavy atom. The predicted molar refractivity (Wildman–Crippen MR) is 76.2 cm³/mol. The molecule has 1 unspecified atom stereocenters. The van der Waals surface area contributed by atoms with E-state index >= 15 is 0 Å². The number of nitrogens with zero attached hydrogens (tertiary/aromatic N) is 2. The highest BCUT2D eigenvalue weighted by atomic mass is 127. The molecule has 2 N–H and O–H groups in total. The van der Waals surface area contributed by atoms with Crippen molar-refractivity contribution in [3.05, 3.63) is 39.6 Å². The number of ether oxygens (including phenoxy) is 1. The average molecular weight is 379 g/mol. The summed E-state index contributed by atoms with van der Waals surface area (Å²) < 4.78 is 31.0. The molecule has 1 atom stereocenters. The molecular weight excluding hydrogens is 367 g/mol. The zero-order chi connectivity index (χ0) is 14.0. The molecule has 4 nitrogen and oxygen atoms in total. The van der Waals surface area contributed by atoms with Crippen molar-refractivity contribution in [2.75, 3.05) is 5.73 Å². The molecule has 2 rings (SSSR count). The minimum Gasteiger partial charge on any atom is -0.435 e. The van der Waals surface area contributed by atoms with Crippen LogP contribution in [0.5, 0.6) is 5.75 Å². The maximum absolute atomic E-state index is 12.0. The van der Waals surface area contributed by atoms with Crippen LogP contribution < -0.4 is 10.5 Å². The normalized spacial score (nSPS) is 12.7. The van der Waals surface area contributed by atoms with Crippen LogP contribution >= 0.6 is 22.6 Å². The average Bonchev–Trinajstić information content (AvgIpc) is 2.69. The quantitative estimate of drug-likeness (QED) is 0.830. The van der Waals surface area contributed by atoms with Crippen LogP contribution in [0, 0.1) is 3.57 Å². The van der Waals surface area contributed by atoms with E-state index in [9.17, 15) is 8.78 Å². The number of hydrogen-bond donors (Lipinski definition) is 1. The van der Waals surface area contributed by atoms with Gasteiger partial charge in [0, 0.05) is 0 Å². The first kappa shape index (κ1) is 14.0. The van der Waals surface area contributed by atoms with Crippen molar-refractivity contribution in [2.24, 2.45) is 0 Å². The van der Waals surface area contributed by atoms with E-state index in [1.54, 1.807) is 23.0 Å². The van der Waals surface area contributed by atoms with Crippen molar-refractivity contribution in [1.29, 1.82) is 0 Å². The summed E-state index contributed by atoms with van der Waals surface area (Å²) in [5.74, 6) is 0.718. The number of anilines is 1. The van der Waals surface area contributed by atoms with Gasteiger partial charge in [-0.25, -0.2) is 4.68 Å². The zero-order valence-corrected chi connectivity index (χ0v) is 12.2. The molecule has 7 heteroatoms. The second kappa shape index (κ2) is 5.72. The van der Waals surface area contributed by atoms with Gasteiger partial charge in [-0.3, -0.25) is 0 Å². The Balaban J connectivity index is 2.20. The minimum atomic E-state index is -2.81. The molecule has 2 aromatic rings. The number of rotatable bonds is 4. The molecule has 0 radical (unpaired) electrons. The molecule has 0 saturated carbocycles. The van der Waals surface area contributed by atoms with Crippen molar-refractivity contribution >= 4 is 28.4 Å². The minimum absolute atomic E-state index is 0.0795. The number of aromatic nitrogens is 2. The van der Waals surface area contributed by atoms with Gasteiger partial charge in [-0.15, -0.1) is 0 Å². The maximum Gasteiger partial charge on any atom is 0.387 e. The van der Waals surface area contributed by atoms with Crippen LogP contribution in [0.3, 0.4) is 0 Å². The monoisotopic (exact) mass is 379 g/mol. The van der Waals surface area contributed by atoms with Crippen LogP contribution in [0.15, 0.2) is 30.5 Å². The largest absolute Gasteiger partial charge is 0.435 e.